The number of hydrogen-bond acceptors (Lipinski definition) is 7. The van der Waals surface area contributed by atoms with Crippen molar-refractivity contribution in [3.8, 4) is 11.5 Å². The molecule has 1 aliphatic rings. The van der Waals surface area contributed by atoms with Crippen LogP contribution in [-0.4, -0.2) is 45.2 Å². The first kappa shape index (κ1) is 19.2. The molecule has 0 aromatic heterocycles. The predicted molar refractivity (Wildman–Crippen MR) is 88.3 cm³/mol. The molecular formula is C16H21NO7S. The minimum absolute atomic E-state index is 0.246. The third-order valence-corrected chi connectivity index (χ3v) is 5.25. The summed E-state index contributed by atoms with van der Waals surface area (Å²) < 4.78 is 39.4. The Hall–Kier alpha value is -2.13. The van der Waals surface area contributed by atoms with Crippen molar-refractivity contribution in [3.05, 3.63) is 23.8 Å². The van der Waals surface area contributed by atoms with E-state index < -0.39 is 39.6 Å². The van der Waals surface area contributed by atoms with E-state index in [0.29, 0.717) is 17.1 Å². The molecule has 0 saturated carbocycles. The van der Waals surface area contributed by atoms with E-state index in [1.54, 1.807) is 32.0 Å². The zero-order valence-corrected chi connectivity index (χ0v) is 15.3. The zero-order chi connectivity index (χ0) is 18.8. The quantitative estimate of drug-likeness (QED) is 0.523. The van der Waals surface area contributed by atoms with Gasteiger partial charge in [0.25, 0.3) is 10.1 Å². The number of nitrogens with zero attached hydrogens (tertiary/aromatic N) is 1. The fraction of sp³-hybridized carbons (Fsp3) is 0.500. The van der Waals surface area contributed by atoms with Crippen LogP contribution < -0.4 is 9.47 Å². The molecule has 1 fully saturated rings. The summed E-state index contributed by atoms with van der Waals surface area (Å²) in [5, 5.41) is 0. The largest absolute Gasteiger partial charge is 0.493 e. The van der Waals surface area contributed by atoms with Crippen molar-refractivity contribution in [3.63, 3.8) is 0 Å². The van der Waals surface area contributed by atoms with Crippen LogP contribution in [0.3, 0.4) is 0 Å². The Morgan fingerprint density at radius 2 is 1.56 bits per heavy atom. The lowest BCUT2D eigenvalue weighted by atomic mass is 10.00. The van der Waals surface area contributed by atoms with Crippen molar-refractivity contribution >= 4 is 21.9 Å². The van der Waals surface area contributed by atoms with Gasteiger partial charge < -0.3 is 9.47 Å². The molecule has 1 aliphatic heterocycles. The Labute approximate surface area is 146 Å². The second kappa shape index (κ2) is 7.40. The SMILES string of the molecule is COc1ccc(COS(=O)(=O)CN2C(=O)C(C)C(C)C2=O)cc1OC. The van der Waals surface area contributed by atoms with Crippen LogP contribution in [0.25, 0.3) is 0 Å². The molecule has 0 bridgehead atoms. The molecule has 2 atom stereocenters. The maximum absolute atomic E-state index is 12.1. The summed E-state index contributed by atoms with van der Waals surface area (Å²) >= 11 is 0. The summed E-state index contributed by atoms with van der Waals surface area (Å²) in [5.74, 6) is -1.92. The van der Waals surface area contributed by atoms with Crippen LogP contribution in [0.15, 0.2) is 18.2 Å². The van der Waals surface area contributed by atoms with Crippen molar-refractivity contribution in [1.29, 1.82) is 0 Å². The van der Waals surface area contributed by atoms with Gasteiger partial charge in [-0.05, 0) is 17.7 Å². The van der Waals surface area contributed by atoms with Gasteiger partial charge >= 0.3 is 0 Å². The van der Waals surface area contributed by atoms with E-state index in [-0.39, 0.29) is 6.61 Å². The minimum Gasteiger partial charge on any atom is -0.493 e. The molecule has 2 rings (SSSR count). The summed E-state index contributed by atoms with van der Waals surface area (Å²) in [6, 6.07) is 4.85. The molecule has 138 valence electrons. The number of hydrogen-bond donors (Lipinski definition) is 0. The van der Waals surface area contributed by atoms with Crippen molar-refractivity contribution in [2.45, 2.75) is 20.5 Å². The van der Waals surface area contributed by atoms with Gasteiger partial charge in [0.2, 0.25) is 11.8 Å². The highest BCUT2D eigenvalue weighted by atomic mass is 32.2. The average molecular weight is 371 g/mol. The summed E-state index contributed by atoms with van der Waals surface area (Å²) in [5.41, 5.74) is 0.544. The molecule has 1 aromatic rings. The summed E-state index contributed by atoms with van der Waals surface area (Å²) in [4.78, 5) is 24.7. The molecule has 0 radical (unpaired) electrons. The van der Waals surface area contributed by atoms with Gasteiger partial charge in [-0.15, -0.1) is 0 Å². The van der Waals surface area contributed by atoms with Gasteiger partial charge in [-0.1, -0.05) is 19.9 Å². The van der Waals surface area contributed by atoms with E-state index in [4.69, 9.17) is 13.7 Å². The Morgan fingerprint density at radius 1 is 1.00 bits per heavy atom. The van der Waals surface area contributed by atoms with E-state index in [9.17, 15) is 18.0 Å². The van der Waals surface area contributed by atoms with Crippen molar-refractivity contribution in [1.82, 2.24) is 4.90 Å². The highest BCUT2D eigenvalue weighted by molar-refractivity contribution is 7.86. The summed E-state index contributed by atoms with van der Waals surface area (Å²) in [6.07, 6.45) is 0. The maximum Gasteiger partial charge on any atom is 0.286 e. The van der Waals surface area contributed by atoms with E-state index >= 15 is 0 Å². The molecule has 1 heterocycles. The number of likely N-dealkylation sites (tertiary alicyclic amines) is 1. The standard InChI is InChI=1S/C16H21NO7S/c1-10-11(2)16(19)17(15(10)18)9-25(20,21)24-8-12-5-6-13(22-3)14(7-12)23-4/h5-7,10-11H,8-9H2,1-4H3. The van der Waals surface area contributed by atoms with Crippen LogP contribution >= 0.6 is 0 Å². The first-order valence-corrected chi connectivity index (χ1v) is 9.21. The van der Waals surface area contributed by atoms with Gasteiger partial charge in [0.05, 0.1) is 20.8 Å². The van der Waals surface area contributed by atoms with Crippen molar-refractivity contribution < 1.29 is 31.7 Å². The van der Waals surface area contributed by atoms with E-state index in [0.717, 1.165) is 4.90 Å². The third kappa shape index (κ3) is 4.10. The number of imide groups is 1. The third-order valence-electron chi connectivity index (χ3n) is 4.20. The Morgan fingerprint density at radius 3 is 2.08 bits per heavy atom. The van der Waals surface area contributed by atoms with Gasteiger partial charge in [0, 0.05) is 11.8 Å². The lowest BCUT2D eigenvalue weighted by Crippen LogP contribution is -2.36. The lowest BCUT2D eigenvalue weighted by Gasteiger charge is -2.15. The lowest BCUT2D eigenvalue weighted by molar-refractivity contribution is -0.138. The number of amides is 2. The van der Waals surface area contributed by atoms with Crippen LogP contribution in [0.1, 0.15) is 19.4 Å². The maximum atomic E-state index is 12.1. The fourth-order valence-corrected chi connectivity index (χ4v) is 3.44. The van der Waals surface area contributed by atoms with Gasteiger partial charge in [-0.25, -0.2) is 0 Å². The van der Waals surface area contributed by atoms with Crippen molar-refractivity contribution in [2.75, 3.05) is 20.1 Å². The summed E-state index contributed by atoms with van der Waals surface area (Å²) in [7, 11) is -1.14. The number of carbonyl (C=O) groups is 2. The van der Waals surface area contributed by atoms with Crippen LogP contribution in [0.5, 0.6) is 11.5 Å². The highest BCUT2D eigenvalue weighted by Gasteiger charge is 2.44. The second-order valence-electron chi connectivity index (χ2n) is 5.82. The van der Waals surface area contributed by atoms with E-state index in [1.165, 1.54) is 14.2 Å². The minimum atomic E-state index is -4.10. The topological polar surface area (TPSA) is 99.2 Å². The number of carbonyl (C=O) groups excluding carboxylic acids is 2. The number of methoxy groups -OCH3 is 2. The molecule has 2 amide bonds. The first-order chi connectivity index (χ1) is 11.7. The van der Waals surface area contributed by atoms with E-state index in [2.05, 4.69) is 0 Å². The number of benzene rings is 1. The molecule has 1 aromatic carbocycles. The molecule has 2 unspecified atom stereocenters. The van der Waals surface area contributed by atoms with Gasteiger partial charge in [0.1, 0.15) is 0 Å². The highest BCUT2D eigenvalue weighted by Crippen LogP contribution is 2.28. The summed E-state index contributed by atoms with van der Waals surface area (Å²) in [6.45, 7) is 2.95. The van der Waals surface area contributed by atoms with Gasteiger partial charge in [0.15, 0.2) is 17.4 Å². The molecular weight excluding hydrogens is 350 g/mol. The van der Waals surface area contributed by atoms with Gasteiger partial charge in [-0.3, -0.25) is 18.7 Å². The molecule has 8 nitrogen and oxygen atoms in total. The molecule has 25 heavy (non-hydrogen) atoms. The Kier molecular flexibility index (Phi) is 5.69. The molecule has 9 heteroatoms. The first-order valence-electron chi connectivity index (χ1n) is 7.63. The normalized spacial score (nSPS) is 20.9. The second-order valence-corrected chi connectivity index (χ2v) is 7.43. The van der Waals surface area contributed by atoms with Crippen LogP contribution in [0.4, 0.5) is 0 Å². The van der Waals surface area contributed by atoms with Gasteiger partial charge in [-0.2, -0.15) is 8.42 Å². The van der Waals surface area contributed by atoms with Crippen LogP contribution in [0, 0.1) is 11.8 Å². The smallest absolute Gasteiger partial charge is 0.286 e. The zero-order valence-electron chi connectivity index (χ0n) is 14.5. The Bertz CT molecular complexity index is 755. The number of rotatable bonds is 7. The predicted octanol–water partition coefficient (Wildman–Crippen LogP) is 1.15. The molecule has 0 spiro atoms. The molecule has 1 saturated heterocycles. The monoisotopic (exact) mass is 371 g/mol. The van der Waals surface area contributed by atoms with Crippen LogP contribution in [-0.2, 0) is 30.5 Å². The molecule has 0 aliphatic carbocycles. The fourth-order valence-electron chi connectivity index (χ4n) is 2.48. The Balaban J connectivity index is 2.05. The number of ether oxygens (including phenoxy) is 2. The average Bonchev–Trinajstić information content (AvgIpc) is 2.77. The van der Waals surface area contributed by atoms with Crippen LogP contribution in [0.2, 0.25) is 0 Å². The van der Waals surface area contributed by atoms with Crippen molar-refractivity contribution in [2.24, 2.45) is 11.8 Å². The molecule has 0 N–H and O–H groups in total. The van der Waals surface area contributed by atoms with E-state index in [1.807, 2.05) is 0 Å².